The van der Waals surface area contributed by atoms with Crippen molar-refractivity contribution >= 4 is 5.91 Å². The summed E-state index contributed by atoms with van der Waals surface area (Å²) in [7, 11) is 0. The molecule has 2 aromatic rings. The topological polar surface area (TPSA) is 59.4 Å². The molecule has 1 amide bonds. The minimum Gasteiger partial charge on any atom is -0.379 e. The molecule has 0 saturated carbocycles. The molecule has 1 aliphatic heterocycles. The van der Waals surface area contributed by atoms with E-state index in [0.29, 0.717) is 12.3 Å². The Balaban J connectivity index is 1.70. The first-order valence-corrected chi connectivity index (χ1v) is 10.6. The van der Waals surface area contributed by atoms with E-state index >= 15 is 0 Å². The van der Waals surface area contributed by atoms with Crippen molar-refractivity contribution < 1.29 is 9.53 Å². The molecule has 6 nitrogen and oxygen atoms in total. The molecule has 0 bridgehead atoms. The number of benzene rings is 1. The smallest absolute Gasteiger partial charge is 0.225 e. The van der Waals surface area contributed by atoms with Gasteiger partial charge in [-0.2, -0.15) is 5.10 Å². The first kappa shape index (κ1) is 21.5. The second-order valence-corrected chi connectivity index (χ2v) is 8.35. The van der Waals surface area contributed by atoms with Crippen LogP contribution in [-0.4, -0.2) is 53.4 Å². The lowest BCUT2D eigenvalue weighted by atomic mass is 10.0. The molecule has 1 atom stereocenters. The Kier molecular flexibility index (Phi) is 7.45. The van der Waals surface area contributed by atoms with Crippen molar-refractivity contribution in [1.29, 1.82) is 0 Å². The third kappa shape index (κ3) is 5.90. The van der Waals surface area contributed by atoms with Crippen LogP contribution in [0.3, 0.4) is 0 Å². The molecular formula is C23H34N4O2. The lowest BCUT2D eigenvalue weighted by molar-refractivity contribution is -0.121. The van der Waals surface area contributed by atoms with Crippen molar-refractivity contribution in [3.8, 4) is 0 Å². The average Bonchev–Trinajstić information content (AvgIpc) is 2.96. The summed E-state index contributed by atoms with van der Waals surface area (Å²) in [6.45, 7) is 13.4. The number of hydrogen-bond acceptors (Lipinski definition) is 4. The van der Waals surface area contributed by atoms with Gasteiger partial charge in [-0.25, -0.2) is 0 Å². The van der Waals surface area contributed by atoms with E-state index in [1.165, 1.54) is 0 Å². The summed E-state index contributed by atoms with van der Waals surface area (Å²) in [6.07, 6.45) is 0.363. The summed E-state index contributed by atoms with van der Waals surface area (Å²) < 4.78 is 7.50. The highest BCUT2D eigenvalue weighted by atomic mass is 16.5. The molecule has 0 spiro atoms. The SMILES string of the molecule is Cc1nn(CC(C)C)c(C)c1CC(=O)NC(CN1CCOCC1)c1ccccc1. The molecule has 1 aromatic carbocycles. The van der Waals surface area contributed by atoms with Crippen LogP contribution in [-0.2, 0) is 22.5 Å². The van der Waals surface area contributed by atoms with Gasteiger partial charge in [-0.1, -0.05) is 44.2 Å². The quantitative estimate of drug-likeness (QED) is 0.743. The molecule has 1 aliphatic rings. The number of carbonyl (C=O) groups excluding carboxylic acids is 1. The van der Waals surface area contributed by atoms with E-state index < -0.39 is 0 Å². The maximum absolute atomic E-state index is 13.0. The molecule has 6 heteroatoms. The zero-order valence-corrected chi connectivity index (χ0v) is 18.1. The number of nitrogens with one attached hydrogen (secondary N) is 1. The fourth-order valence-electron chi connectivity index (χ4n) is 3.88. The van der Waals surface area contributed by atoms with Gasteiger partial charge in [-0.05, 0) is 25.3 Å². The number of ether oxygens (including phenoxy) is 1. The van der Waals surface area contributed by atoms with Gasteiger partial charge in [0.1, 0.15) is 0 Å². The fraction of sp³-hybridized carbons (Fsp3) is 0.565. The van der Waals surface area contributed by atoms with Crippen LogP contribution in [0.4, 0.5) is 0 Å². The number of morpholine rings is 1. The highest BCUT2D eigenvalue weighted by Gasteiger charge is 2.22. The van der Waals surface area contributed by atoms with E-state index in [1.54, 1.807) is 0 Å². The van der Waals surface area contributed by atoms with Gasteiger partial charge in [0.25, 0.3) is 0 Å². The second-order valence-electron chi connectivity index (χ2n) is 8.35. The van der Waals surface area contributed by atoms with Crippen LogP contribution in [0.25, 0.3) is 0 Å². The summed E-state index contributed by atoms with van der Waals surface area (Å²) >= 11 is 0. The Labute approximate surface area is 174 Å². The van der Waals surface area contributed by atoms with E-state index in [9.17, 15) is 4.79 Å². The molecule has 1 aromatic heterocycles. The summed E-state index contributed by atoms with van der Waals surface area (Å²) in [5, 5.41) is 7.92. The largest absolute Gasteiger partial charge is 0.379 e. The second kappa shape index (κ2) is 10.0. The van der Waals surface area contributed by atoms with E-state index in [2.05, 4.69) is 48.2 Å². The number of aryl methyl sites for hydroxylation is 1. The van der Waals surface area contributed by atoms with Gasteiger partial charge in [-0.15, -0.1) is 0 Å². The highest BCUT2D eigenvalue weighted by Crippen LogP contribution is 2.18. The molecular weight excluding hydrogens is 364 g/mol. The van der Waals surface area contributed by atoms with E-state index in [1.807, 2.05) is 29.8 Å². The van der Waals surface area contributed by atoms with Crippen molar-refractivity contribution in [2.75, 3.05) is 32.8 Å². The Morgan fingerprint density at radius 3 is 2.48 bits per heavy atom. The van der Waals surface area contributed by atoms with E-state index in [4.69, 9.17) is 4.74 Å². The summed E-state index contributed by atoms with van der Waals surface area (Å²) in [5.74, 6) is 0.563. The predicted octanol–water partition coefficient (Wildman–Crippen LogP) is 2.89. The number of hydrogen-bond donors (Lipinski definition) is 1. The fourth-order valence-corrected chi connectivity index (χ4v) is 3.88. The molecule has 29 heavy (non-hydrogen) atoms. The Hall–Kier alpha value is -2.18. The number of carbonyl (C=O) groups is 1. The number of rotatable bonds is 8. The normalized spacial score (nSPS) is 16.2. The van der Waals surface area contributed by atoms with E-state index in [0.717, 1.165) is 61.9 Å². The zero-order chi connectivity index (χ0) is 20.8. The van der Waals surface area contributed by atoms with Crippen LogP contribution in [0.5, 0.6) is 0 Å². The standard InChI is InChI=1S/C23H34N4O2/c1-17(2)15-27-19(4)21(18(3)25-27)14-23(28)24-22(20-8-6-5-7-9-20)16-26-10-12-29-13-11-26/h5-9,17,22H,10-16H2,1-4H3,(H,24,28). The molecule has 0 radical (unpaired) electrons. The van der Waals surface area contributed by atoms with Crippen molar-refractivity contribution in [3.05, 3.63) is 52.8 Å². The number of nitrogens with zero attached hydrogens (tertiary/aromatic N) is 3. The van der Waals surface area contributed by atoms with Gasteiger partial charge < -0.3 is 10.1 Å². The first-order valence-electron chi connectivity index (χ1n) is 10.6. The maximum atomic E-state index is 13.0. The van der Waals surface area contributed by atoms with Gasteiger partial charge in [0.15, 0.2) is 0 Å². The molecule has 1 N–H and O–H groups in total. The molecule has 1 fully saturated rings. The van der Waals surface area contributed by atoms with Crippen LogP contribution in [0, 0.1) is 19.8 Å². The monoisotopic (exact) mass is 398 g/mol. The van der Waals surface area contributed by atoms with Crippen LogP contribution in [0.1, 0.15) is 42.4 Å². The van der Waals surface area contributed by atoms with Crippen molar-refractivity contribution in [3.63, 3.8) is 0 Å². The van der Waals surface area contributed by atoms with Gasteiger partial charge in [-0.3, -0.25) is 14.4 Å². The van der Waals surface area contributed by atoms with Gasteiger partial charge in [0.05, 0.1) is 31.4 Å². The van der Waals surface area contributed by atoms with E-state index in [-0.39, 0.29) is 11.9 Å². The van der Waals surface area contributed by atoms with Crippen molar-refractivity contribution in [1.82, 2.24) is 20.0 Å². The Morgan fingerprint density at radius 1 is 1.14 bits per heavy atom. The van der Waals surface area contributed by atoms with Crippen molar-refractivity contribution in [2.24, 2.45) is 5.92 Å². The third-order valence-electron chi connectivity index (χ3n) is 5.49. The van der Waals surface area contributed by atoms with Crippen LogP contribution in [0.15, 0.2) is 30.3 Å². The number of amides is 1. The minimum absolute atomic E-state index is 0.0341. The minimum atomic E-state index is -0.0341. The molecule has 158 valence electrons. The molecule has 2 heterocycles. The third-order valence-corrected chi connectivity index (χ3v) is 5.49. The molecule has 0 aliphatic carbocycles. The predicted molar refractivity (Wildman–Crippen MR) is 115 cm³/mol. The average molecular weight is 399 g/mol. The van der Waals surface area contributed by atoms with Crippen LogP contribution in [0.2, 0.25) is 0 Å². The Bertz CT molecular complexity index is 795. The molecule has 1 saturated heterocycles. The van der Waals surface area contributed by atoms with Crippen LogP contribution >= 0.6 is 0 Å². The lowest BCUT2D eigenvalue weighted by Crippen LogP contribution is -2.43. The van der Waals surface area contributed by atoms with Gasteiger partial charge >= 0.3 is 0 Å². The highest BCUT2D eigenvalue weighted by molar-refractivity contribution is 5.79. The zero-order valence-electron chi connectivity index (χ0n) is 18.1. The first-order chi connectivity index (χ1) is 13.9. The van der Waals surface area contributed by atoms with Crippen molar-refractivity contribution in [2.45, 2.75) is 46.7 Å². The maximum Gasteiger partial charge on any atom is 0.225 e. The molecule has 3 rings (SSSR count). The Morgan fingerprint density at radius 2 is 1.83 bits per heavy atom. The van der Waals surface area contributed by atoms with Gasteiger partial charge in [0, 0.05) is 37.4 Å². The molecule has 1 unspecified atom stereocenters. The van der Waals surface area contributed by atoms with Crippen LogP contribution < -0.4 is 5.32 Å². The summed E-state index contributed by atoms with van der Waals surface area (Å²) in [6, 6.07) is 10.2. The lowest BCUT2D eigenvalue weighted by Gasteiger charge is -2.31. The van der Waals surface area contributed by atoms with Gasteiger partial charge in [0.2, 0.25) is 5.91 Å². The summed E-state index contributed by atoms with van der Waals surface area (Å²) in [4.78, 5) is 15.3. The summed E-state index contributed by atoms with van der Waals surface area (Å²) in [5.41, 5.74) is 4.22. The number of aromatic nitrogens is 2.